The highest BCUT2D eigenvalue weighted by molar-refractivity contribution is 5.87. The van der Waals surface area contributed by atoms with Gasteiger partial charge in [0.1, 0.15) is 11.9 Å². The van der Waals surface area contributed by atoms with Crippen LogP contribution in [0.4, 0.5) is 0 Å². The van der Waals surface area contributed by atoms with Gasteiger partial charge < -0.3 is 14.9 Å². The van der Waals surface area contributed by atoms with Gasteiger partial charge in [-0.2, -0.15) is 0 Å². The molecule has 1 saturated heterocycles. The molecule has 1 N–H and O–H groups in total. The van der Waals surface area contributed by atoms with Crippen LogP contribution in [-0.2, 0) is 19.2 Å². The smallest absolute Gasteiger partial charge is 0.302 e. The minimum atomic E-state index is -0.177. The summed E-state index contributed by atoms with van der Waals surface area (Å²) in [7, 11) is 0. The van der Waals surface area contributed by atoms with E-state index in [1.54, 1.807) is 0 Å². The van der Waals surface area contributed by atoms with Crippen molar-refractivity contribution in [2.45, 2.75) is 84.2 Å². The summed E-state index contributed by atoms with van der Waals surface area (Å²) in [5.74, 6) is 2.47. The SMILES string of the molecule is CC(=O)OCC12CC/C(=N\OC3CCNC3)CC1CCC1C3CCC(=O)C3(C)CCC12. The lowest BCUT2D eigenvalue weighted by atomic mass is 9.45. The number of Topliss-reactive ketones (excluding diaryl/α,β-unsaturated/α-hetero) is 1. The number of ether oxygens (including phenoxy) is 1. The van der Waals surface area contributed by atoms with Gasteiger partial charge in [0.2, 0.25) is 0 Å². The Hall–Kier alpha value is -1.43. The van der Waals surface area contributed by atoms with Crippen LogP contribution in [0.25, 0.3) is 0 Å². The van der Waals surface area contributed by atoms with Crippen molar-refractivity contribution in [3.05, 3.63) is 0 Å². The Morgan fingerprint density at radius 1 is 1.13 bits per heavy atom. The van der Waals surface area contributed by atoms with Crippen LogP contribution in [0.5, 0.6) is 0 Å². The molecule has 6 heteroatoms. The Bertz CT molecular complexity index is 761. The summed E-state index contributed by atoms with van der Waals surface area (Å²) in [6, 6.07) is 0. The Morgan fingerprint density at radius 2 is 2.00 bits per heavy atom. The average Bonchev–Trinajstić information content (AvgIpc) is 3.38. The van der Waals surface area contributed by atoms with E-state index < -0.39 is 0 Å². The molecule has 6 nitrogen and oxygen atoms in total. The van der Waals surface area contributed by atoms with E-state index in [2.05, 4.69) is 17.4 Å². The van der Waals surface area contributed by atoms with Gasteiger partial charge in [-0.25, -0.2) is 0 Å². The number of carbonyl (C=O) groups excluding carboxylic acids is 2. The standard InChI is InChI=1S/C25H38N2O4/c1-16(28)30-15-25-11-7-18(27-31-19-9-12-26-14-19)13-17(25)3-4-20-21-5-6-23(29)24(21,2)10-8-22(20)25/h17,19-22,26H,3-15H2,1-2H3/b27-18+. The van der Waals surface area contributed by atoms with Crippen molar-refractivity contribution in [3.63, 3.8) is 0 Å². The van der Waals surface area contributed by atoms with E-state index in [4.69, 9.17) is 9.57 Å². The number of fused-ring (bicyclic) bond motifs is 5. The molecule has 0 aromatic carbocycles. The first kappa shape index (κ1) is 21.4. The molecule has 5 aliphatic rings. The van der Waals surface area contributed by atoms with Gasteiger partial charge in [-0.3, -0.25) is 9.59 Å². The van der Waals surface area contributed by atoms with Crippen molar-refractivity contribution in [1.82, 2.24) is 5.32 Å². The highest BCUT2D eigenvalue weighted by atomic mass is 16.6. The van der Waals surface area contributed by atoms with Gasteiger partial charge in [0, 0.05) is 37.1 Å². The summed E-state index contributed by atoms with van der Waals surface area (Å²) >= 11 is 0. The summed E-state index contributed by atoms with van der Waals surface area (Å²) in [5.41, 5.74) is 1.11. The van der Waals surface area contributed by atoms with Crippen LogP contribution in [0.1, 0.15) is 78.1 Å². The summed E-state index contributed by atoms with van der Waals surface area (Å²) < 4.78 is 5.74. The van der Waals surface area contributed by atoms with Crippen LogP contribution < -0.4 is 5.32 Å². The molecular weight excluding hydrogens is 392 g/mol. The van der Waals surface area contributed by atoms with E-state index in [9.17, 15) is 9.59 Å². The number of rotatable bonds is 4. The Morgan fingerprint density at radius 3 is 2.77 bits per heavy atom. The maximum absolute atomic E-state index is 12.7. The van der Waals surface area contributed by atoms with Crippen molar-refractivity contribution in [1.29, 1.82) is 0 Å². The molecule has 4 aliphatic carbocycles. The van der Waals surface area contributed by atoms with E-state index in [1.807, 2.05) is 0 Å². The van der Waals surface area contributed by atoms with Gasteiger partial charge in [-0.1, -0.05) is 12.1 Å². The lowest BCUT2D eigenvalue weighted by Crippen LogP contribution is -2.56. The lowest BCUT2D eigenvalue weighted by Gasteiger charge is -2.60. The summed E-state index contributed by atoms with van der Waals surface area (Å²) in [5, 5.41) is 7.91. The van der Waals surface area contributed by atoms with Gasteiger partial charge >= 0.3 is 5.97 Å². The fourth-order valence-corrected chi connectivity index (χ4v) is 8.10. The number of nitrogens with zero attached hydrogens (tertiary/aromatic N) is 1. The molecule has 172 valence electrons. The molecule has 4 saturated carbocycles. The van der Waals surface area contributed by atoms with Gasteiger partial charge in [0.25, 0.3) is 0 Å². The molecule has 0 aromatic rings. The molecule has 7 atom stereocenters. The number of oxime groups is 1. The first-order chi connectivity index (χ1) is 14.9. The van der Waals surface area contributed by atoms with Gasteiger partial charge in [-0.05, 0) is 81.6 Å². The molecule has 5 fully saturated rings. The fourth-order valence-electron chi connectivity index (χ4n) is 8.10. The molecule has 31 heavy (non-hydrogen) atoms. The minimum Gasteiger partial charge on any atom is -0.465 e. The molecular formula is C25H38N2O4. The summed E-state index contributed by atoms with van der Waals surface area (Å²) in [6.07, 6.45) is 10.4. The number of esters is 1. The summed E-state index contributed by atoms with van der Waals surface area (Å²) in [4.78, 5) is 30.3. The number of ketones is 1. The predicted molar refractivity (Wildman–Crippen MR) is 117 cm³/mol. The molecule has 0 radical (unpaired) electrons. The van der Waals surface area contributed by atoms with Crippen molar-refractivity contribution >= 4 is 17.5 Å². The quantitative estimate of drug-likeness (QED) is 0.541. The monoisotopic (exact) mass is 430 g/mol. The molecule has 1 aliphatic heterocycles. The molecule has 7 unspecified atom stereocenters. The molecule has 0 aromatic heterocycles. The lowest BCUT2D eigenvalue weighted by molar-refractivity contribution is -0.163. The van der Waals surface area contributed by atoms with Gasteiger partial charge in [0.15, 0.2) is 0 Å². The Balaban J connectivity index is 1.37. The normalized spacial score (nSPS) is 45.7. The summed E-state index contributed by atoms with van der Waals surface area (Å²) in [6.45, 7) is 6.19. The maximum atomic E-state index is 12.7. The fraction of sp³-hybridized carbons (Fsp3) is 0.880. The van der Waals surface area contributed by atoms with Crippen molar-refractivity contribution in [3.8, 4) is 0 Å². The molecule has 0 bridgehead atoms. The van der Waals surface area contributed by atoms with Crippen LogP contribution >= 0.6 is 0 Å². The number of carbonyl (C=O) groups is 2. The van der Waals surface area contributed by atoms with E-state index in [0.29, 0.717) is 36.1 Å². The van der Waals surface area contributed by atoms with Crippen molar-refractivity contribution < 1.29 is 19.2 Å². The Kier molecular flexibility index (Phi) is 5.64. The van der Waals surface area contributed by atoms with Crippen molar-refractivity contribution in [2.75, 3.05) is 19.7 Å². The van der Waals surface area contributed by atoms with E-state index in [1.165, 1.54) is 19.1 Å². The van der Waals surface area contributed by atoms with Gasteiger partial charge in [-0.15, -0.1) is 0 Å². The molecule has 5 rings (SSSR count). The third-order valence-corrected chi connectivity index (χ3v) is 9.80. The topological polar surface area (TPSA) is 77.0 Å². The number of hydrogen-bond acceptors (Lipinski definition) is 6. The second kappa shape index (κ2) is 8.17. The molecule has 1 heterocycles. The average molecular weight is 431 g/mol. The third kappa shape index (κ3) is 3.63. The van der Waals surface area contributed by atoms with Crippen LogP contribution in [0.15, 0.2) is 5.16 Å². The predicted octanol–water partition coefficient (Wildman–Crippen LogP) is 3.88. The molecule has 0 spiro atoms. The van der Waals surface area contributed by atoms with Crippen molar-refractivity contribution in [2.24, 2.45) is 39.7 Å². The zero-order valence-electron chi connectivity index (χ0n) is 19.2. The highest BCUT2D eigenvalue weighted by Crippen LogP contribution is 2.65. The van der Waals surface area contributed by atoms with Crippen LogP contribution in [-0.4, -0.2) is 43.3 Å². The van der Waals surface area contributed by atoms with E-state index in [-0.39, 0.29) is 22.9 Å². The second-order valence-electron chi connectivity index (χ2n) is 11.2. The van der Waals surface area contributed by atoms with Crippen LogP contribution in [0.3, 0.4) is 0 Å². The number of hydrogen-bond donors (Lipinski definition) is 1. The molecule has 0 amide bonds. The van der Waals surface area contributed by atoms with E-state index >= 15 is 0 Å². The third-order valence-electron chi connectivity index (χ3n) is 9.80. The minimum absolute atomic E-state index is 0.0372. The zero-order chi connectivity index (χ0) is 21.6. The second-order valence-corrected chi connectivity index (χ2v) is 11.2. The Labute approximate surface area is 185 Å². The van der Waals surface area contributed by atoms with Crippen LogP contribution in [0, 0.1) is 34.5 Å². The first-order valence-electron chi connectivity index (χ1n) is 12.5. The number of nitrogens with one attached hydrogen (secondary N) is 1. The van der Waals surface area contributed by atoms with Gasteiger partial charge in [0.05, 0.1) is 12.3 Å². The first-order valence-corrected chi connectivity index (χ1v) is 12.5. The van der Waals surface area contributed by atoms with E-state index in [0.717, 1.165) is 70.9 Å². The van der Waals surface area contributed by atoms with Crippen LogP contribution in [0.2, 0.25) is 0 Å². The zero-order valence-corrected chi connectivity index (χ0v) is 19.2. The largest absolute Gasteiger partial charge is 0.465 e. The highest BCUT2D eigenvalue weighted by Gasteiger charge is 2.61. The maximum Gasteiger partial charge on any atom is 0.302 e.